The summed E-state index contributed by atoms with van der Waals surface area (Å²) in [6, 6.07) is 14.3. The highest BCUT2D eigenvalue weighted by atomic mass is 19.2. The highest BCUT2D eigenvalue weighted by Gasteiger charge is 2.29. The van der Waals surface area contributed by atoms with Crippen molar-refractivity contribution in [3.8, 4) is 0 Å². The zero-order chi connectivity index (χ0) is 19.6. The van der Waals surface area contributed by atoms with Crippen LogP contribution in [0.2, 0.25) is 0 Å². The molecule has 0 N–H and O–H groups in total. The van der Waals surface area contributed by atoms with Crippen molar-refractivity contribution in [2.75, 3.05) is 7.05 Å². The Bertz CT molecular complexity index is 1060. The van der Waals surface area contributed by atoms with Gasteiger partial charge in [0.05, 0.1) is 11.1 Å². The lowest BCUT2D eigenvalue weighted by molar-refractivity contribution is -0.0432. The van der Waals surface area contributed by atoms with Crippen molar-refractivity contribution in [3.63, 3.8) is 0 Å². The molecule has 0 bridgehead atoms. The summed E-state index contributed by atoms with van der Waals surface area (Å²) >= 11 is 0. The van der Waals surface area contributed by atoms with Crippen LogP contribution >= 0.6 is 0 Å². The Kier molecular flexibility index (Phi) is 5.47. The van der Waals surface area contributed by atoms with E-state index < -0.39 is 5.54 Å². The summed E-state index contributed by atoms with van der Waals surface area (Å²) in [5, 5.41) is 4.01. The first-order valence-corrected chi connectivity index (χ1v) is 9.60. The first kappa shape index (κ1) is 19.3. The van der Waals surface area contributed by atoms with E-state index in [4.69, 9.17) is 0 Å². The number of rotatable bonds is 3. The predicted molar refractivity (Wildman–Crippen MR) is 113 cm³/mol. The molecule has 4 aromatic rings. The third-order valence-electron chi connectivity index (χ3n) is 5.31. The molecule has 4 rings (SSSR count). The molecule has 2 aromatic carbocycles. The van der Waals surface area contributed by atoms with Crippen molar-refractivity contribution in [1.82, 2.24) is 14.5 Å². The zero-order valence-electron chi connectivity index (χ0n) is 16.8. The minimum Gasteiger partial charge on any atom is -0.299 e. The number of pyridine rings is 1. The Morgan fingerprint density at radius 2 is 1.67 bits per heavy atom. The van der Waals surface area contributed by atoms with E-state index in [0.29, 0.717) is 0 Å². The highest BCUT2D eigenvalue weighted by Crippen LogP contribution is 2.37. The summed E-state index contributed by atoms with van der Waals surface area (Å²) in [5.41, 5.74) is 2.16. The number of imidazole rings is 1. The molecule has 0 unspecified atom stereocenters. The van der Waals surface area contributed by atoms with E-state index >= 15 is 0 Å². The average Bonchev–Trinajstić information content (AvgIpc) is 3.18. The SMILES string of the molecule is CCCC.CN(F)C(C)(C)c1cccc2c3ccccc3n3ccnc3c12. The summed E-state index contributed by atoms with van der Waals surface area (Å²) in [7, 11) is 1.46. The fourth-order valence-corrected chi connectivity index (χ4v) is 3.29. The first-order valence-electron chi connectivity index (χ1n) is 9.60. The molecular formula is C23H28FN3. The van der Waals surface area contributed by atoms with Gasteiger partial charge in [-0.05, 0) is 30.9 Å². The molecule has 0 fully saturated rings. The van der Waals surface area contributed by atoms with Crippen molar-refractivity contribution in [2.24, 2.45) is 0 Å². The molecule has 0 radical (unpaired) electrons. The van der Waals surface area contributed by atoms with Crippen molar-refractivity contribution in [2.45, 2.75) is 46.1 Å². The molecule has 0 saturated heterocycles. The van der Waals surface area contributed by atoms with E-state index in [1.54, 1.807) is 6.20 Å². The van der Waals surface area contributed by atoms with E-state index in [9.17, 15) is 4.48 Å². The fraction of sp³-hybridized carbons (Fsp3) is 0.348. The van der Waals surface area contributed by atoms with Crippen LogP contribution < -0.4 is 0 Å². The molecule has 0 spiro atoms. The number of halogens is 1. The van der Waals surface area contributed by atoms with Crippen LogP contribution in [0.4, 0.5) is 4.48 Å². The van der Waals surface area contributed by atoms with Gasteiger partial charge in [-0.1, -0.05) is 63.1 Å². The van der Waals surface area contributed by atoms with Gasteiger partial charge < -0.3 is 0 Å². The van der Waals surface area contributed by atoms with Gasteiger partial charge in [0, 0.05) is 30.2 Å². The van der Waals surface area contributed by atoms with Gasteiger partial charge in [0.2, 0.25) is 0 Å². The molecule has 0 aliphatic heterocycles. The van der Waals surface area contributed by atoms with Crippen LogP contribution in [-0.2, 0) is 5.54 Å². The van der Waals surface area contributed by atoms with Crippen LogP contribution in [-0.4, -0.2) is 21.6 Å². The quantitative estimate of drug-likeness (QED) is 0.305. The number of hydrogen-bond donors (Lipinski definition) is 0. The second kappa shape index (κ2) is 7.65. The van der Waals surface area contributed by atoms with Crippen molar-refractivity contribution < 1.29 is 4.48 Å². The molecule has 0 aliphatic carbocycles. The monoisotopic (exact) mass is 365 g/mol. The number of benzene rings is 2. The molecule has 27 heavy (non-hydrogen) atoms. The number of nitrogens with zero attached hydrogens (tertiary/aromatic N) is 3. The summed E-state index contributed by atoms with van der Waals surface area (Å²) in [5.74, 6) is 0. The second-order valence-corrected chi connectivity index (χ2v) is 7.40. The van der Waals surface area contributed by atoms with Crippen molar-refractivity contribution in [1.29, 1.82) is 0 Å². The molecule has 0 aliphatic rings. The number of aromatic nitrogens is 2. The van der Waals surface area contributed by atoms with Crippen LogP contribution in [0.15, 0.2) is 54.9 Å². The van der Waals surface area contributed by atoms with Gasteiger partial charge in [0.1, 0.15) is 5.65 Å². The van der Waals surface area contributed by atoms with Gasteiger partial charge in [-0.15, -0.1) is 9.60 Å². The van der Waals surface area contributed by atoms with E-state index in [1.807, 2.05) is 44.3 Å². The summed E-state index contributed by atoms with van der Waals surface area (Å²) in [6.07, 6.45) is 6.39. The summed E-state index contributed by atoms with van der Waals surface area (Å²) in [6.45, 7) is 8.13. The van der Waals surface area contributed by atoms with Gasteiger partial charge in [-0.25, -0.2) is 4.98 Å². The lowest BCUT2D eigenvalue weighted by atomic mass is 9.89. The lowest BCUT2D eigenvalue weighted by Gasteiger charge is -2.30. The predicted octanol–water partition coefficient (Wildman–Crippen LogP) is 6.50. The molecule has 2 heterocycles. The largest absolute Gasteiger partial charge is 0.299 e. The third kappa shape index (κ3) is 3.30. The van der Waals surface area contributed by atoms with Gasteiger partial charge in [-0.3, -0.25) is 4.40 Å². The third-order valence-corrected chi connectivity index (χ3v) is 5.31. The maximum absolute atomic E-state index is 14.1. The molecule has 4 heteroatoms. The minimum atomic E-state index is -0.742. The van der Waals surface area contributed by atoms with E-state index in [1.165, 1.54) is 19.9 Å². The Hall–Kier alpha value is -2.46. The van der Waals surface area contributed by atoms with E-state index in [-0.39, 0.29) is 0 Å². The molecule has 2 aromatic heterocycles. The molecule has 3 nitrogen and oxygen atoms in total. The Morgan fingerprint density at radius 3 is 2.33 bits per heavy atom. The Labute approximate surface area is 160 Å². The highest BCUT2D eigenvalue weighted by molar-refractivity contribution is 6.13. The molecule has 0 saturated carbocycles. The molecule has 0 atom stereocenters. The maximum atomic E-state index is 14.1. The van der Waals surface area contributed by atoms with Gasteiger partial charge in [0.25, 0.3) is 0 Å². The zero-order valence-corrected chi connectivity index (χ0v) is 16.8. The van der Waals surface area contributed by atoms with Crippen LogP contribution in [0.25, 0.3) is 27.3 Å². The summed E-state index contributed by atoms with van der Waals surface area (Å²) in [4.78, 5) is 4.55. The van der Waals surface area contributed by atoms with Crippen molar-refractivity contribution in [3.05, 3.63) is 60.4 Å². The fourth-order valence-electron chi connectivity index (χ4n) is 3.29. The number of para-hydroxylation sites is 1. The Morgan fingerprint density at radius 1 is 1.00 bits per heavy atom. The molecule has 142 valence electrons. The second-order valence-electron chi connectivity index (χ2n) is 7.40. The van der Waals surface area contributed by atoms with Crippen LogP contribution in [0.1, 0.15) is 46.1 Å². The maximum Gasteiger partial charge on any atom is 0.145 e. The van der Waals surface area contributed by atoms with Crippen LogP contribution in [0.3, 0.4) is 0 Å². The smallest absolute Gasteiger partial charge is 0.145 e. The first-order chi connectivity index (χ1) is 12.9. The number of fused-ring (bicyclic) bond motifs is 6. The van der Waals surface area contributed by atoms with Gasteiger partial charge >= 0.3 is 0 Å². The van der Waals surface area contributed by atoms with Crippen LogP contribution in [0, 0.1) is 0 Å². The lowest BCUT2D eigenvalue weighted by Crippen LogP contribution is -2.32. The molecule has 0 amide bonds. The Balaban J connectivity index is 0.000000481. The van der Waals surface area contributed by atoms with E-state index in [2.05, 4.69) is 41.4 Å². The minimum absolute atomic E-state index is 0.742. The number of unbranched alkanes of at least 4 members (excludes halogenated alkanes) is 1. The standard InChI is InChI=1S/C19H18FN3.C4H10/c1-19(2,22(3)20)15-9-6-8-14-13-7-4-5-10-16(13)23-12-11-21-18(23)17(14)15;1-3-4-2/h4-12H,1-3H3;3-4H2,1-2H3. The number of hydrogen-bond acceptors (Lipinski definition) is 2. The molecular weight excluding hydrogens is 337 g/mol. The van der Waals surface area contributed by atoms with Crippen LogP contribution in [0.5, 0.6) is 0 Å². The van der Waals surface area contributed by atoms with E-state index in [0.717, 1.165) is 38.0 Å². The van der Waals surface area contributed by atoms with Gasteiger partial charge in [-0.2, -0.15) is 0 Å². The average molecular weight is 365 g/mol. The topological polar surface area (TPSA) is 20.5 Å². The normalized spacial score (nSPS) is 12.0. The summed E-state index contributed by atoms with van der Waals surface area (Å²) < 4.78 is 16.2. The van der Waals surface area contributed by atoms with Gasteiger partial charge in [0.15, 0.2) is 0 Å². The van der Waals surface area contributed by atoms with Crippen molar-refractivity contribution >= 4 is 27.3 Å².